The molecular formula is C7H11F2N. The highest BCUT2D eigenvalue weighted by molar-refractivity contribution is 5.17. The van der Waals surface area contributed by atoms with Crippen molar-refractivity contribution in [3.05, 3.63) is 0 Å². The van der Waals surface area contributed by atoms with E-state index in [2.05, 4.69) is 5.32 Å². The predicted molar refractivity (Wildman–Crippen MR) is 34.0 cm³/mol. The topological polar surface area (TPSA) is 12.0 Å². The first-order valence-corrected chi connectivity index (χ1v) is 3.67. The molecule has 0 amide bonds. The molecular weight excluding hydrogens is 136 g/mol. The first kappa shape index (κ1) is 6.53. The fraction of sp³-hybridized carbons (Fsp3) is 1.00. The van der Waals surface area contributed by atoms with Crippen LogP contribution in [0.3, 0.4) is 0 Å². The summed E-state index contributed by atoms with van der Waals surface area (Å²) in [5.41, 5.74) is -0.655. The van der Waals surface area contributed by atoms with Crippen LogP contribution in [0.1, 0.15) is 13.3 Å². The van der Waals surface area contributed by atoms with Gasteiger partial charge in [-0.2, -0.15) is 0 Å². The number of nitrogens with one attached hydrogen (secondary N) is 1. The Morgan fingerprint density at radius 3 is 2.60 bits per heavy atom. The Morgan fingerprint density at radius 1 is 1.50 bits per heavy atom. The molecule has 2 atom stereocenters. The van der Waals surface area contributed by atoms with E-state index >= 15 is 0 Å². The van der Waals surface area contributed by atoms with Crippen molar-refractivity contribution in [2.75, 3.05) is 13.1 Å². The molecule has 10 heavy (non-hydrogen) atoms. The van der Waals surface area contributed by atoms with Gasteiger partial charge in [0.05, 0.1) is 0 Å². The molecule has 0 spiro atoms. The van der Waals surface area contributed by atoms with Gasteiger partial charge in [0, 0.05) is 17.9 Å². The molecule has 1 N–H and O–H groups in total. The molecule has 58 valence electrons. The summed E-state index contributed by atoms with van der Waals surface area (Å²) in [4.78, 5) is 0. The number of fused-ring (bicyclic) bond motifs is 1. The van der Waals surface area contributed by atoms with Gasteiger partial charge in [-0.1, -0.05) is 6.92 Å². The third-order valence-electron chi connectivity index (χ3n) is 3.05. The van der Waals surface area contributed by atoms with Gasteiger partial charge in [-0.15, -0.1) is 0 Å². The number of alkyl halides is 2. The van der Waals surface area contributed by atoms with Gasteiger partial charge in [-0.3, -0.25) is 0 Å². The summed E-state index contributed by atoms with van der Waals surface area (Å²) in [7, 11) is 0. The van der Waals surface area contributed by atoms with Gasteiger partial charge in [-0.05, 0) is 13.0 Å². The van der Waals surface area contributed by atoms with E-state index in [1.165, 1.54) is 0 Å². The first-order valence-electron chi connectivity index (χ1n) is 3.67. The fourth-order valence-corrected chi connectivity index (χ4v) is 1.96. The fourth-order valence-electron chi connectivity index (χ4n) is 1.96. The molecule has 1 nitrogen and oxygen atoms in total. The van der Waals surface area contributed by atoms with Crippen molar-refractivity contribution in [1.82, 2.24) is 5.32 Å². The van der Waals surface area contributed by atoms with Crippen LogP contribution >= 0.6 is 0 Å². The normalized spacial score (nSPS) is 50.1. The molecule has 0 aromatic heterocycles. The maximum Gasteiger partial charge on any atom is 0.258 e. The molecule has 1 aliphatic heterocycles. The second-order valence-electron chi connectivity index (χ2n) is 3.55. The summed E-state index contributed by atoms with van der Waals surface area (Å²) in [6, 6.07) is 0. The van der Waals surface area contributed by atoms with E-state index in [0.717, 1.165) is 6.54 Å². The van der Waals surface area contributed by atoms with E-state index in [1.807, 2.05) is 0 Å². The van der Waals surface area contributed by atoms with Crippen molar-refractivity contribution in [3.8, 4) is 0 Å². The first-order chi connectivity index (χ1) is 4.59. The lowest BCUT2D eigenvalue weighted by Gasteiger charge is -2.15. The van der Waals surface area contributed by atoms with E-state index < -0.39 is 11.3 Å². The monoisotopic (exact) mass is 147 g/mol. The lowest BCUT2D eigenvalue weighted by molar-refractivity contribution is 0.0636. The van der Waals surface area contributed by atoms with Gasteiger partial charge in [-0.25, -0.2) is 8.78 Å². The summed E-state index contributed by atoms with van der Waals surface area (Å²) >= 11 is 0. The highest BCUT2D eigenvalue weighted by Gasteiger charge is 2.77. The van der Waals surface area contributed by atoms with Crippen molar-refractivity contribution in [3.63, 3.8) is 0 Å². The quantitative estimate of drug-likeness (QED) is 0.543. The molecule has 0 unspecified atom stereocenters. The van der Waals surface area contributed by atoms with E-state index in [1.54, 1.807) is 6.92 Å². The molecule has 0 radical (unpaired) electrons. The minimum atomic E-state index is -2.38. The average molecular weight is 147 g/mol. The van der Waals surface area contributed by atoms with Gasteiger partial charge in [0.2, 0.25) is 0 Å². The van der Waals surface area contributed by atoms with Crippen LogP contribution < -0.4 is 5.32 Å². The zero-order chi connectivity index (χ0) is 7.41. The molecule has 1 saturated carbocycles. The number of piperidine rings is 1. The number of rotatable bonds is 0. The Hall–Kier alpha value is -0.180. The van der Waals surface area contributed by atoms with Gasteiger partial charge in [0.15, 0.2) is 0 Å². The van der Waals surface area contributed by atoms with Crippen LogP contribution in [0, 0.1) is 11.3 Å². The molecule has 1 saturated heterocycles. The zero-order valence-corrected chi connectivity index (χ0v) is 5.95. The van der Waals surface area contributed by atoms with E-state index in [9.17, 15) is 8.78 Å². The standard InChI is InChI=1S/C7H11F2N/c1-6-2-3-10-4-5(6)7(6,8)9/h5,10H,2-4H2,1H3/t5-,6-/m1/s1. The van der Waals surface area contributed by atoms with Gasteiger partial charge < -0.3 is 5.32 Å². The maximum absolute atomic E-state index is 12.8. The molecule has 2 aliphatic rings. The summed E-state index contributed by atoms with van der Waals surface area (Å²) in [5, 5.41) is 2.98. The van der Waals surface area contributed by atoms with Gasteiger partial charge in [0.1, 0.15) is 0 Å². The second kappa shape index (κ2) is 1.52. The Balaban J connectivity index is 2.20. The summed E-state index contributed by atoms with van der Waals surface area (Å²) in [5.74, 6) is -2.76. The molecule has 2 fully saturated rings. The average Bonchev–Trinajstić information content (AvgIpc) is 2.30. The molecule has 0 aromatic carbocycles. The van der Waals surface area contributed by atoms with Crippen molar-refractivity contribution in [2.24, 2.45) is 11.3 Å². The lowest BCUT2D eigenvalue weighted by atomic mass is 9.99. The minimum Gasteiger partial charge on any atom is -0.316 e. The van der Waals surface area contributed by atoms with Crippen LogP contribution in [0.2, 0.25) is 0 Å². The molecule has 3 heteroatoms. The van der Waals surface area contributed by atoms with Crippen molar-refractivity contribution in [2.45, 2.75) is 19.3 Å². The van der Waals surface area contributed by atoms with Crippen molar-refractivity contribution >= 4 is 0 Å². The highest BCUT2D eigenvalue weighted by atomic mass is 19.3. The largest absolute Gasteiger partial charge is 0.316 e. The van der Waals surface area contributed by atoms with Crippen LogP contribution in [-0.4, -0.2) is 19.0 Å². The minimum absolute atomic E-state index is 0.381. The molecule has 1 heterocycles. The summed E-state index contributed by atoms with van der Waals surface area (Å²) < 4.78 is 25.7. The molecule has 2 rings (SSSR count). The third kappa shape index (κ3) is 0.506. The number of halogens is 2. The van der Waals surface area contributed by atoms with Crippen LogP contribution in [0.15, 0.2) is 0 Å². The third-order valence-corrected chi connectivity index (χ3v) is 3.05. The van der Waals surface area contributed by atoms with Crippen LogP contribution in [-0.2, 0) is 0 Å². The zero-order valence-electron chi connectivity index (χ0n) is 5.95. The van der Waals surface area contributed by atoms with E-state index in [4.69, 9.17) is 0 Å². The number of hydrogen-bond donors (Lipinski definition) is 1. The molecule has 0 aromatic rings. The lowest BCUT2D eigenvalue weighted by Crippen LogP contribution is -2.27. The Kier molecular flexibility index (Phi) is 0.994. The summed E-state index contributed by atoms with van der Waals surface area (Å²) in [6.07, 6.45) is 0.630. The second-order valence-corrected chi connectivity index (χ2v) is 3.55. The predicted octanol–water partition coefficient (Wildman–Crippen LogP) is 1.25. The Morgan fingerprint density at radius 2 is 2.20 bits per heavy atom. The Bertz CT molecular complexity index is 169. The van der Waals surface area contributed by atoms with Gasteiger partial charge >= 0.3 is 0 Å². The smallest absolute Gasteiger partial charge is 0.258 e. The van der Waals surface area contributed by atoms with E-state index in [0.29, 0.717) is 13.0 Å². The SMILES string of the molecule is C[C@@]12CCNC[C@H]1C2(F)F. The van der Waals surface area contributed by atoms with Crippen LogP contribution in [0.4, 0.5) is 8.78 Å². The van der Waals surface area contributed by atoms with Crippen molar-refractivity contribution in [1.29, 1.82) is 0 Å². The molecule has 0 bridgehead atoms. The number of hydrogen-bond acceptors (Lipinski definition) is 1. The van der Waals surface area contributed by atoms with E-state index in [-0.39, 0.29) is 5.92 Å². The van der Waals surface area contributed by atoms with Crippen LogP contribution in [0.5, 0.6) is 0 Å². The van der Waals surface area contributed by atoms with Crippen LogP contribution in [0.25, 0.3) is 0 Å². The maximum atomic E-state index is 12.8. The van der Waals surface area contributed by atoms with Gasteiger partial charge in [0.25, 0.3) is 5.92 Å². The highest BCUT2D eigenvalue weighted by Crippen LogP contribution is 2.68. The molecule has 1 aliphatic carbocycles. The Labute approximate surface area is 58.8 Å². The summed E-state index contributed by atoms with van der Waals surface area (Å²) in [6.45, 7) is 2.95. The van der Waals surface area contributed by atoms with Crippen molar-refractivity contribution < 1.29 is 8.78 Å².